The number of primary amides is 1. The van der Waals surface area contributed by atoms with Crippen LogP contribution in [-0.4, -0.2) is 106 Å². The number of carbonyl (C=O) groups excluding carboxylic acids is 3. The van der Waals surface area contributed by atoms with Crippen molar-refractivity contribution < 1.29 is 44.3 Å². The van der Waals surface area contributed by atoms with E-state index < -0.39 is 58.0 Å². The van der Waals surface area contributed by atoms with Gasteiger partial charge in [0.15, 0.2) is 11.4 Å². The largest absolute Gasteiger partial charge is 0.510 e. The number of Topliss-reactive ketones (excluding diaryl/α,β-unsaturated/α-hetero) is 2. The molecule has 230 valence electrons. The number of likely N-dealkylation sites (N-methyl/N-ethyl adjacent to an activating group) is 2. The molecule has 0 unspecified atom stereocenters. The van der Waals surface area contributed by atoms with E-state index in [-0.39, 0.29) is 35.8 Å². The third kappa shape index (κ3) is 4.96. The highest BCUT2D eigenvalue weighted by molar-refractivity contribution is 6.24. The van der Waals surface area contributed by atoms with Crippen LogP contribution in [0.4, 0.5) is 0 Å². The predicted molar refractivity (Wildman–Crippen MR) is 152 cm³/mol. The molecule has 0 aliphatic heterocycles. The number of hydrogen-bond donors (Lipinski definition) is 5. The SMILES string of the molecule is CCN(CCOC(C)C)Cc1cc(O)c2c(c1OC)C[C@H]1C[C@H]3[C@H](N(C)C)C(O)=C(C(N)=O)C(=O)[C@@]3(O)C(O)=C1C2=O. The lowest BCUT2D eigenvalue weighted by molar-refractivity contribution is -0.148. The fraction of sp³-hybridized carbons (Fsp3) is 0.567. The second-order valence-corrected chi connectivity index (χ2v) is 11.7. The fourth-order valence-electron chi connectivity index (χ4n) is 6.74. The van der Waals surface area contributed by atoms with Gasteiger partial charge in [-0.25, -0.2) is 0 Å². The monoisotopic (exact) mass is 587 g/mol. The molecule has 0 fully saturated rings. The molecule has 3 aliphatic carbocycles. The van der Waals surface area contributed by atoms with Gasteiger partial charge in [0.25, 0.3) is 5.91 Å². The quantitative estimate of drug-likeness (QED) is 0.249. The number of aromatic hydroxyl groups is 1. The van der Waals surface area contributed by atoms with Crippen molar-refractivity contribution in [3.8, 4) is 11.5 Å². The number of amides is 1. The van der Waals surface area contributed by atoms with Crippen LogP contribution in [0.25, 0.3) is 0 Å². The van der Waals surface area contributed by atoms with Crippen molar-refractivity contribution in [2.24, 2.45) is 17.6 Å². The molecule has 1 aromatic carbocycles. The zero-order valence-corrected chi connectivity index (χ0v) is 24.9. The molecule has 0 saturated carbocycles. The van der Waals surface area contributed by atoms with Crippen molar-refractivity contribution in [1.29, 1.82) is 0 Å². The van der Waals surface area contributed by atoms with Crippen LogP contribution < -0.4 is 10.5 Å². The van der Waals surface area contributed by atoms with Crippen molar-refractivity contribution in [1.82, 2.24) is 9.80 Å². The van der Waals surface area contributed by atoms with Crippen LogP contribution in [0.15, 0.2) is 28.7 Å². The lowest BCUT2D eigenvalue weighted by Crippen LogP contribution is -2.63. The molecule has 0 spiro atoms. The van der Waals surface area contributed by atoms with Crippen LogP contribution >= 0.6 is 0 Å². The average Bonchev–Trinajstić information content (AvgIpc) is 2.89. The number of phenolic OH excluding ortho intramolecular Hbond substituents is 1. The number of nitrogens with zero attached hydrogens (tertiary/aromatic N) is 2. The van der Waals surface area contributed by atoms with Crippen LogP contribution in [-0.2, 0) is 27.3 Å². The zero-order chi connectivity index (χ0) is 31.3. The molecular weight excluding hydrogens is 546 g/mol. The summed E-state index contributed by atoms with van der Waals surface area (Å²) in [6.07, 6.45) is 0.255. The van der Waals surface area contributed by atoms with Gasteiger partial charge in [-0.3, -0.25) is 24.2 Å². The summed E-state index contributed by atoms with van der Waals surface area (Å²) < 4.78 is 11.5. The van der Waals surface area contributed by atoms with Crippen molar-refractivity contribution in [3.05, 3.63) is 45.4 Å². The molecule has 3 aliphatic rings. The van der Waals surface area contributed by atoms with E-state index >= 15 is 0 Å². The Balaban J connectivity index is 1.81. The Morgan fingerprint density at radius 1 is 1.21 bits per heavy atom. The highest BCUT2D eigenvalue weighted by Gasteiger charge is 2.63. The third-order valence-corrected chi connectivity index (χ3v) is 8.65. The first-order chi connectivity index (χ1) is 19.7. The van der Waals surface area contributed by atoms with Crippen molar-refractivity contribution >= 4 is 17.5 Å². The standard InChI is InChI=1S/C30H41N3O9/c1-7-33(8-9-42-14(2)3)13-16-12-19(34)21-17(26(16)41-6)10-15-11-18-23(32(4)5)25(36)22(29(31)39)28(38)30(18,40)27(37)20(15)24(21)35/h12,14-15,18,23,34,36-37,40H,7-11,13H2,1-6H3,(H2,31,39)/t15-,18-,23-,30-/m0/s1. The van der Waals surface area contributed by atoms with Gasteiger partial charge in [0.2, 0.25) is 5.78 Å². The van der Waals surface area contributed by atoms with Gasteiger partial charge >= 0.3 is 0 Å². The number of nitrogens with two attached hydrogens (primary N) is 1. The predicted octanol–water partition coefficient (Wildman–Crippen LogP) is 1.38. The van der Waals surface area contributed by atoms with E-state index in [4.69, 9.17) is 15.2 Å². The van der Waals surface area contributed by atoms with Crippen LogP contribution in [0, 0.1) is 11.8 Å². The van der Waals surface area contributed by atoms with Gasteiger partial charge in [-0.05, 0) is 59.3 Å². The molecule has 0 heterocycles. The van der Waals surface area contributed by atoms with Crippen molar-refractivity contribution in [3.63, 3.8) is 0 Å². The molecule has 12 nitrogen and oxygen atoms in total. The first-order valence-electron chi connectivity index (χ1n) is 14.1. The number of aliphatic hydroxyl groups is 3. The number of ketones is 2. The third-order valence-electron chi connectivity index (χ3n) is 8.65. The van der Waals surface area contributed by atoms with Crippen LogP contribution in [0.1, 0.15) is 48.7 Å². The molecule has 0 radical (unpaired) electrons. The van der Waals surface area contributed by atoms with E-state index in [9.17, 15) is 34.8 Å². The Morgan fingerprint density at radius 2 is 1.88 bits per heavy atom. The molecule has 1 aromatic rings. The Kier molecular flexibility index (Phi) is 8.75. The van der Waals surface area contributed by atoms with E-state index in [0.29, 0.717) is 43.1 Å². The summed E-state index contributed by atoms with van der Waals surface area (Å²) in [5, 5.41) is 45.2. The molecule has 6 N–H and O–H groups in total. The lowest BCUT2D eigenvalue weighted by atomic mass is 9.58. The van der Waals surface area contributed by atoms with Gasteiger partial charge in [0.05, 0.1) is 31.4 Å². The molecule has 4 atom stereocenters. The van der Waals surface area contributed by atoms with Gasteiger partial charge < -0.3 is 35.6 Å². The van der Waals surface area contributed by atoms with E-state index in [0.717, 1.165) is 0 Å². The maximum atomic E-state index is 13.9. The summed E-state index contributed by atoms with van der Waals surface area (Å²) in [4.78, 5) is 43.1. The molecule has 0 saturated heterocycles. The highest BCUT2D eigenvalue weighted by Crippen LogP contribution is 2.53. The van der Waals surface area contributed by atoms with Crippen LogP contribution in [0.2, 0.25) is 0 Å². The van der Waals surface area contributed by atoms with Crippen LogP contribution in [0.3, 0.4) is 0 Å². The topological polar surface area (TPSA) is 183 Å². The second kappa shape index (κ2) is 11.7. The number of phenols is 1. The first-order valence-corrected chi connectivity index (χ1v) is 14.1. The Hall–Kier alpha value is -3.45. The number of ether oxygens (including phenoxy) is 2. The minimum Gasteiger partial charge on any atom is -0.510 e. The number of methoxy groups -OCH3 is 1. The number of carbonyl (C=O) groups is 3. The van der Waals surface area contributed by atoms with Gasteiger partial charge in [-0.1, -0.05) is 6.92 Å². The van der Waals surface area contributed by atoms with Crippen molar-refractivity contribution in [2.45, 2.75) is 57.9 Å². The maximum absolute atomic E-state index is 13.9. The summed E-state index contributed by atoms with van der Waals surface area (Å²) in [5.74, 6) is -6.44. The fourth-order valence-corrected chi connectivity index (χ4v) is 6.74. The first kappa shape index (κ1) is 31.5. The van der Waals surface area contributed by atoms with Gasteiger partial charge in [0, 0.05) is 35.7 Å². The summed E-state index contributed by atoms with van der Waals surface area (Å²) in [7, 11) is 4.66. The molecule has 42 heavy (non-hydrogen) atoms. The zero-order valence-electron chi connectivity index (χ0n) is 24.9. The Morgan fingerprint density at radius 3 is 2.43 bits per heavy atom. The van der Waals surface area contributed by atoms with Crippen LogP contribution in [0.5, 0.6) is 11.5 Å². The summed E-state index contributed by atoms with van der Waals surface area (Å²) in [6.45, 7) is 8.21. The van der Waals surface area contributed by atoms with Crippen molar-refractivity contribution in [2.75, 3.05) is 40.9 Å². The number of aliphatic hydroxyl groups excluding tert-OH is 2. The minimum atomic E-state index is -2.68. The number of rotatable bonds is 10. The average molecular weight is 588 g/mol. The van der Waals surface area contributed by atoms with Gasteiger partial charge in [-0.15, -0.1) is 0 Å². The van der Waals surface area contributed by atoms with E-state index in [1.54, 1.807) is 14.1 Å². The molecular formula is C30H41N3O9. The van der Waals surface area contributed by atoms with Gasteiger partial charge in [-0.2, -0.15) is 0 Å². The number of fused-ring (bicyclic) bond motifs is 3. The molecule has 1 amide bonds. The highest BCUT2D eigenvalue weighted by atomic mass is 16.5. The van der Waals surface area contributed by atoms with Gasteiger partial charge in [0.1, 0.15) is 28.6 Å². The summed E-state index contributed by atoms with van der Waals surface area (Å²) >= 11 is 0. The van der Waals surface area contributed by atoms with E-state index in [2.05, 4.69) is 4.90 Å². The smallest absolute Gasteiger partial charge is 0.255 e. The Labute approximate surface area is 245 Å². The number of hydrogen-bond acceptors (Lipinski definition) is 11. The molecule has 4 rings (SSSR count). The summed E-state index contributed by atoms with van der Waals surface area (Å²) in [6, 6.07) is 0.405. The normalized spacial score (nSPS) is 25.7. The number of benzene rings is 1. The molecule has 0 bridgehead atoms. The van der Waals surface area contributed by atoms with E-state index in [1.807, 2.05) is 20.8 Å². The Bertz CT molecular complexity index is 1370. The minimum absolute atomic E-state index is 0.00747. The lowest BCUT2D eigenvalue weighted by Gasteiger charge is -2.50. The molecule has 12 heteroatoms. The number of allylic oxidation sites excluding steroid dienone is 1. The van der Waals surface area contributed by atoms with E-state index in [1.165, 1.54) is 18.1 Å². The second-order valence-electron chi connectivity index (χ2n) is 11.7. The summed E-state index contributed by atoms with van der Waals surface area (Å²) in [5.41, 5.74) is 2.71. The maximum Gasteiger partial charge on any atom is 0.255 e. The molecule has 0 aromatic heterocycles.